The second-order valence-electron chi connectivity index (χ2n) is 8.22. The fourth-order valence-electron chi connectivity index (χ4n) is 4.42. The Morgan fingerprint density at radius 2 is 1.74 bits per heavy atom. The van der Waals surface area contributed by atoms with Crippen molar-refractivity contribution < 1.29 is 19.1 Å². The minimum Gasteiger partial charge on any atom is -0.450 e. The third kappa shape index (κ3) is 4.92. The molecule has 0 radical (unpaired) electrons. The van der Waals surface area contributed by atoms with Gasteiger partial charge in [0.05, 0.1) is 17.3 Å². The lowest BCUT2D eigenvalue weighted by Gasteiger charge is -2.36. The Morgan fingerprint density at radius 1 is 1.06 bits per heavy atom. The standard InChI is InChI=1S/C22H29N5O4/c1-2-31-22(30)27-13-9-16(10-14-27)23-20(28)15-7-11-26(12-8-15)19-21(29)25-18-6-4-3-5-17(18)24-19/h3-6,15-16,19H,2,7-14H2,1H3,(H,23,28). The average molecular weight is 428 g/mol. The zero-order valence-electron chi connectivity index (χ0n) is 17.8. The number of carbonyl (C=O) groups is 3. The molecule has 1 unspecified atom stereocenters. The highest BCUT2D eigenvalue weighted by atomic mass is 16.6. The number of nitrogens with zero attached hydrogens (tertiary/aromatic N) is 4. The van der Waals surface area contributed by atoms with Gasteiger partial charge >= 0.3 is 6.09 Å². The molecule has 2 fully saturated rings. The van der Waals surface area contributed by atoms with Crippen molar-refractivity contribution in [3.8, 4) is 0 Å². The van der Waals surface area contributed by atoms with E-state index >= 15 is 0 Å². The van der Waals surface area contributed by atoms with Crippen LogP contribution < -0.4 is 16.0 Å². The number of fused-ring (bicyclic) bond motifs is 1. The van der Waals surface area contributed by atoms with Crippen LogP contribution in [0.4, 0.5) is 4.79 Å². The molecule has 0 bridgehead atoms. The molecule has 0 spiro atoms. The van der Waals surface area contributed by atoms with Crippen LogP contribution >= 0.6 is 0 Å². The van der Waals surface area contributed by atoms with E-state index in [-0.39, 0.29) is 29.9 Å². The number of carbonyl (C=O) groups excluding carboxylic acids is 3. The summed E-state index contributed by atoms with van der Waals surface area (Å²) in [5, 5.41) is 4.51. The van der Waals surface area contributed by atoms with E-state index in [2.05, 4.69) is 15.3 Å². The molecule has 166 valence electrons. The number of benzene rings is 1. The monoisotopic (exact) mass is 427 g/mol. The van der Waals surface area contributed by atoms with Crippen molar-refractivity contribution in [1.29, 1.82) is 0 Å². The summed E-state index contributed by atoms with van der Waals surface area (Å²) in [4.78, 5) is 49.5. The van der Waals surface area contributed by atoms with Gasteiger partial charge in [-0.05, 0) is 44.7 Å². The van der Waals surface area contributed by atoms with Crippen LogP contribution in [0.1, 0.15) is 32.6 Å². The highest BCUT2D eigenvalue weighted by Crippen LogP contribution is 2.21. The van der Waals surface area contributed by atoms with Gasteiger partial charge in [-0.3, -0.25) is 19.5 Å². The third-order valence-corrected chi connectivity index (χ3v) is 6.21. The summed E-state index contributed by atoms with van der Waals surface area (Å²) in [6.07, 6.45) is 1.98. The number of rotatable bonds is 4. The smallest absolute Gasteiger partial charge is 0.409 e. The third-order valence-electron chi connectivity index (χ3n) is 6.21. The van der Waals surface area contributed by atoms with Crippen molar-refractivity contribution in [2.45, 2.75) is 44.8 Å². The van der Waals surface area contributed by atoms with E-state index in [4.69, 9.17) is 4.74 Å². The molecule has 9 nitrogen and oxygen atoms in total. The predicted octanol–water partition coefficient (Wildman–Crippen LogP) is 0.241. The lowest BCUT2D eigenvalue weighted by Crippen LogP contribution is -2.52. The van der Waals surface area contributed by atoms with Crippen molar-refractivity contribution in [3.63, 3.8) is 0 Å². The number of amides is 3. The number of likely N-dealkylation sites (tertiary alicyclic amines) is 2. The van der Waals surface area contributed by atoms with E-state index in [0.717, 1.165) is 18.2 Å². The highest BCUT2D eigenvalue weighted by molar-refractivity contribution is 5.83. The van der Waals surface area contributed by atoms with Gasteiger partial charge in [-0.1, -0.05) is 12.1 Å². The molecule has 1 aromatic carbocycles. The van der Waals surface area contributed by atoms with Crippen LogP contribution in [0.5, 0.6) is 0 Å². The number of para-hydroxylation sites is 2. The van der Waals surface area contributed by atoms with Crippen molar-refractivity contribution in [2.75, 3.05) is 32.8 Å². The van der Waals surface area contributed by atoms with Gasteiger partial charge in [0.25, 0.3) is 5.91 Å². The molecule has 2 saturated heterocycles. The zero-order chi connectivity index (χ0) is 21.8. The fraction of sp³-hybridized carbons (Fsp3) is 0.591. The van der Waals surface area contributed by atoms with Crippen molar-refractivity contribution in [1.82, 2.24) is 15.1 Å². The fourth-order valence-corrected chi connectivity index (χ4v) is 4.42. The quantitative estimate of drug-likeness (QED) is 0.742. The zero-order valence-corrected chi connectivity index (χ0v) is 17.8. The normalized spacial score (nSPS) is 22.8. The van der Waals surface area contributed by atoms with Crippen molar-refractivity contribution >= 4 is 17.9 Å². The van der Waals surface area contributed by atoms with Gasteiger partial charge in [0.2, 0.25) is 5.91 Å². The molecular weight excluding hydrogens is 398 g/mol. The summed E-state index contributed by atoms with van der Waals surface area (Å²) in [5.41, 5.74) is 0. The van der Waals surface area contributed by atoms with Gasteiger partial charge in [0.1, 0.15) is 0 Å². The second kappa shape index (κ2) is 9.55. The van der Waals surface area contributed by atoms with Crippen LogP contribution in [0.25, 0.3) is 0 Å². The maximum Gasteiger partial charge on any atom is 0.409 e. The van der Waals surface area contributed by atoms with Crippen molar-refractivity contribution in [3.05, 3.63) is 35.0 Å². The van der Waals surface area contributed by atoms with Crippen LogP contribution in [0.2, 0.25) is 0 Å². The first-order chi connectivity index (χ1) is 15.0. The SMILES string of the molecule is CCOC(=O)N1CCC(NC(=O)C2CCN(C3N=c4ccccc4=NC3=O)CC2)CC1. The topological polar surface area (TPSA) is 104 Å². The highest BCUT2D eigenvalue weighted by Gasteiger charge is 2.34. The largest absolute Gasteiger partial charge is 0.450 e. The van der Waals surface area contributed by atoms with E-state index in [9.17, 15) is 14.4 Å². The van der Waals surface area contributed by atoms with E-state index in [1.807, 2.05) is 23.1 Å². The summed E-state index contributed by atoms with van der Waals surface area (Å²) in [7, 11) is 0. The van der Waals surface area contributed by atoms with E-state index in [1.54, 1.807) is 17.9 Å². The Hall–Kier alpha value is -2.81. The first-order valence-corrected chi connectivity index (χ1v) is 11.1. The molecule has 0 aliphatic carbocycles. The Bertz CT molecular complexity index is 949. The summed E-state index contributed by atoms with van der Waals surface area (Å²) >= 11 is 0. The molecule has 9 heteroatoms. The number of nitrogens with one attached hydrogen (secondary N) is 1. The van der Waals surface area contributed by atoms with Gasteiger partial charge in [-0.15, -0.1) is 0 Å². The van der Waals surface area contributed by atoms with Gasteiger partial charge in [-0.2, -0.15) is 0 Å². The number of ether oxygens (including phenoxy) is 1. The summed E-state index contributed by atoms with van der Waals surface area (Å²) < 4.78 is 5.04. The second-order valence-corrected chi connectivity index (χ2v) is 8.22. The van der Waals surface area contributed by atoms with Crippen LogP contribution in [-0.4, -0.2) is 72.7 Å². The molecule has 3 aliphatic heterocycles. The number of piperidine rings is 2. The molecule has 1 atom stereocenters. The van der Waals surface area contributed by atoms with Crippen LogP contribution in [0.3, 0.4) is 0 Å². The van der Waals surface area contributed by atoms with Gasteiger partial charge in [0, 0.05) is 38.1 Å². The van der Waals surface area contributed by atoms with Crippen LogP contribution in [0, 0.1) is 5.92 Å². The maximum atomic E-state index is 12.8. The molecule has 0 saturated carbocycles. The maximum absolute atomic E-state index is 12.8. The van der Waals surface area contributed by atoms with Crippen LogP contribution in [0.15, 0.2) is 34.3 Å². The molecule has 0 aromatic heterocycles. The minimum atomic E-state index is -0.592. The van der Waals surface area contributed by atoms with Crippen LogP contribution in [-0.2, 0) is 14.3 Å². The molecule has 4 rings (SSSR count). The number of hydrogen-bond acceptors (Lipinski definition) is 6. The van der Waals surface area contributed by atoms with E-state index in [1.165, 1.54) is 0 Å². The van der Waals surface area contributed by atoms with Crippen molar-refractivity contribution in [2.24, 2.45) is 15.9 Å². The van der Waals surface area contributed by atoms with Gasteiger partial charge < -0.3 is 15.0 Å². The average Bonchev–Trinajstić information content (AvgIpc) is 2.79. The summed E-state index contributed by atoms with van der Waals surface area (Å²) in [5.74, 6) is -0.242. The number of hydrogen-bond donors (Lipinski definition) is 1. The molecule has 3 heterocycles. The molecule has 3 aliphatic rings. The Kier molecular flexibility index (Phi) is 6.60. The molecule has 1 N–H and O–H groups in total. The van der Waals surface area contributed by atoms with E-state index < -0.39 is 6.17 Å². The first kappa shape index (κ1) is 21.4. The van der Waals surface area contributed by atoms with Gasteiger partial charge in [0.15, 0.2) is 6.17 Å². The summed E-state index contributed by atoms with van der Waals surface area (Å²) in [6, 6.07) is 7.47. The molecule has 1 aromatic rings. The lowest BCUT2D eigenvalue weighted by molar-refractivity contribution is -0.128. The summed E-state index contributed by atoms with van der Waals surface area (Å²) in [6.45, 7) is 4.63. The lowest BCUT2D eigenvalue weighted by atomic mass is 9.94. The minimum absolute atomic E-state index is 0.0659. The molecular formula is C22H29N5O4. The first-order valence-electron chi connectivity index (χ1n) is 11.1. The molecule has 3 amide bonds. The Labute approximate surface area is 181 Å². The Balaban J connectivity index is 1.26. The Morgan fingerprint density at radius 3 is 2.42 bits per heavy atom. The predicted molar refractivity (Wildman–Crippen MR) is 112 cm³/mol. The van der Waals surface area contributed by atoms with Gasteiger partial charge in [-0.25, -0.2) is 9.79 Å². The van der Waals surface area contributed by atoms with E-state index in [0.29, 0.717) is 51.0 Å². The molecule has 31 heavy (non-hydrogen) atoms.